The molecule has 6 heteroatoms. The van der Waals surface area contributed by atoms with Crippen molar-refractivity contribution in [2.24, 2.45) is 0 Å². The Bertz CT molecular complexity index is 558. The van der Waals surface area contributed by atoms with E-state index < -0.39 is 0 Å². The fourth-order valence-corrected chi connectivity index (χ4v) is 2.39. The van der Waals surface area contributed by atoms with Crippen LogP contribution in [0.15, 0.2) is 29.1 Å². The van der Waals surface area contributed by atoms with Gasteiger partial charge in [0.1, 0.15) is 11.6 Å². The highest BCUT2D eigenvalue weighted by molar-refractivity contribution is 6.37. The second-order valence-electron chi connectivity index (χ2n) is 4.54. The first-order valence-corrected chi connectivity index (χ1v) is 7.19. The third-order valence-electron chi connectivity index (χ3n) is 2.81. The van der Waals surface area contributed by atoms with Crippen LogP contribution in [-0.2, 0) is 6.54 Å². The van der Waals surface area contributed by atoms with Crippen molar-refractivity contribution in [3.63, 3.8) is 0 Å². The van der Waals surface area contributed by atoms with Gasteiger partial charge >= 0.3 is 0 Å². The van der Waals surface area contributed by atoms with Crippen molar-refractivity contribution < 1.29 is 4.42 Å². The molecule has 4 nitrogen and oxygen atoms in total. The lowest BCUT2D eigenvalue weighted by Gasteiger charge is -2.20. The van der Waals surface area contributed by atoms with E-state index in [4.69, 9.17) is 27.6 Å². The number of hydrogen-bond acceptors (Lipinski definition) is 4. The summed E-state index contributed by atoms with van der Waals surface area (Å²) in [4.78, 5) is 6.47. The minimum absolute atomic E-state index is 0.531. The van der Waals surface area contributed by atoms with Gasteiger partial charge in [0.2, 0.25) is 0 Å². The smallest absolute Gasteiger partial charge is 0.149 e. The van der Waals surface area contributed by atoms with E-state index in [2.05, 4.69) is 17.2 Å². The number of anilines is 2. The molecule has 0 amide bonds. The van der Waals surface area contributed by atoms with Gasteiger partial charge in [-0.3, -0.25) is 0 Å². The molecular weight excluding hydrogens is 297 g/mol. The summed E-state index contributed by atoms with van der Waals surface area (Å²) in [5.74, 6) is 1.35. The number of pyridine rings is 1. The Hall–Kier alpha value is -1.39. The maximum absolute atomic E-state index is 6.23. The molecule has 0 bridgehead atoms. The molecule has 0 aromatic carbocycles. The summed E-state index contributed by atoms with van der Waals surface area (Å²) in [6, 6.07) is 3.63. The van der Waals surface area contributed by atoms with Gasteiger partial charge in [0.05, 0.1) is 22.6 Å². The molecule has 2 aromatic heterocycles. The van der Waals surface area contributed by atoms with Gasteiger partial charge in [-0.1, -0.05) is 30.1 Å². The number of nitrogens with zero attached hydrogens (tertiary/aromatic N) is 2. The zero-order valence-corrected chi connectivity index (χ0v) is 13.0. The molecule has 0 atom stereocenters. The molecule has 0 aliphatic rings. The first-order chi connectivity index (χ1) is 9.61. The highest BCUT2D eigenvalue weighted by Crippen LogP contribution is 2.31. The van der Waals surface area contributed by atoms with Crippen LogP contribution in [0.1, 0.15) is 18.9 Å². The molecule has 0 saturated carbocycles. The van der Waals surface area contributed by atoms with Crippen LogP contribution in [0, 0.1) is 0 Å². The molecule has 20 heavy (non-hydrogen) atoms. The Balaban J connectivity index is 2.21. The second kappa shape index (κ2) is 6.86. The molecule has 108 valence electrons. The van der Waals surface area contributed by atoms with Crippen LogP contribution in [0.3, 0.4) is 0 Å². The van der Waals surface area contributed by atoms with Crippen LogP contribution in [-0.4, -0.2) is 18.6 Å². The van der Waals surface area contributed by atoms with E-state index >= 15 is 0 Å². The largest absolute Gasteiger partial charge is 0.472 e. The third kappa shape index (κ3) is 3.58. The normalized spacial score (nSPS) is 10.6. The molecule has 1 N–H and O–H groups in total. The van der Waals surface area contributed by atoms with Crippen LogP contribution in [0.2, 0.25) is 10.0 Å². The molecule has 0 saturated heterocycles. The van der Waals surface area contributed by atoms with E-state index in [1.807, 2.05) is 18.0 Å². The van der Waals surface area contributed by atoms with Gasteiger partial charge < -0.3 is 14.6 Å². The van der Waals surface area contributed by atoms with Gasteiger partial charge in [-0.15, -0.1) is 0 Å². The predicted molar refractivity (Wildman–Crippen MR) is 83.9 cm³/mol. The van der Waals surface area contributed by atoms with E-state index in [0.29, 0.717) is 28.2 Å². The average Bonchev–Trinajstić information content (AvgIpc) is 2.90. The molecule has 0 spiro atoms. The van der Waals surface area contributed by atoms with E-state index in [0.717, 1.165) is 18.5 Å². The van der Waals surface area contributed by atoms with Gasteiger partial charge in [0.25, 0.3) is 0 Å². The second-order valence-corrected chi connectivity index (χ2v) is 5.35. The van der Waals surface area contributed by atoms with E-state index in [9.17, 15) is 0 Å². The van der Waals surface area contributed by atoms with Gasteiger partial charge in [-0.25, -0.2) is 4.98 Å². The minimum atomic E-state index is 0.531. The molecule has 2 heterocycles. The van der Waals surface area contributed by atoms with E-state index in [1.54, 1.807) is 18.6 Å². The van der Waals surface area contributed by atoms with Crippen molar-refractivity contribution in [3.8, 4) is 0 Å². The fraction of sp³-hybridized carbons (Fsp3) is 0.357. The summed E-state index contributed by atoms with van der Waals surface area (Å²) in [7, 11) is 1.93. The first-order valence-electron chi connectivity index (χ1n) is 6.44. The van der Waals surface area contributed by atoms with Gasteiger partial charge in [0.15, 0.2) is 0 Å². The third-order valence-corrected chi connectivity index (χ3v) is 3.38. The lowest BCUT2D eigenvalue weighted by atomic mass is 10.3. The highest BCUT2D eigenvalue weighted by Gasteiger charge is 2.13. The van der Waals surface area contributed by atoms with Crippen LogP contribution in [0.4, 0.5) is 11.6 Å². The van der Waals surface area contributed by atoms with Crippen molar-refractivity contribution in [2.45, 2.75) is 19.9 Å². The van der Waals surface area contributed by atoms with Crippen LogP contribution >= 0.6 is 23.2 Å². The lowest BCUT2D eigenvalue weighted by molar-refractivity contribution is 0.563. The number of rotatable bonds is 6. The predicted octanol–water partition coefficient (Wildman–Crippen LogP) is 4.44. The van der Waals surface area contributed by atoms with Crippen molar-refractivity contribution >= 4 is 34.8 Å². The minimum Gasteiger partial charge on any atom is -0.472 e. The average molecular weight is 314 g/mol. The number of aromatic nitrogens is 1. The zero-order chi connectivity index (χ0) is 14.5. The van der Waals surface area contributed by atoms with Crippen LogP contribution in [0.5, 0.6) is 0 Å². The van der Waals surface area contributed by atoms with Crippen molar-refractivity contribution in [3.05, 3.63) is 40.3 Å². The molecule has 0 aliphatic heterocycles. The number of hydrogen-bond donors (Lipinski definition) is 1. The SMILES string of the molecule is CCCNc1nc(N(C)Cc2ccoc2)c(Cl)cc1Cl. The molecule has 2 rings (SSSR count). The standard InChI is InChI=1S/C14H17Cl2N3O/c1-3-5-17-13-11(15)7-12(16)14(18-13)19(2)8-10-4-6-20-9-10/h4,6-7,9H,3,5,8H2,1-2H3,(H,17,18). The Labute approximate surface area is 128 Å². The number of furan rings is 1. The summed E-state index contributed by atoms with van der Waals surface area (Å²) in [6.45, 7) is 3.57. The first kappa shape index (κ1) is 15.0. The van der Waals surface area contributed by atoms with Crippen molar-refractivity contribution in [2.75, 3.05) is 23.8 Å². The molecule has 0 radical (unpaired) electrons. The maximum atomic E-state index is 6.23. The van der Waals surface area contributed by atoms with Crippen molar-refractivity contribution in [1.29, 1.82) is 0 Å². The number of halogens is 2. The lowest BCUT2D eigenvalue weighted by Crippen LogP contribution is -2.18. The van der Waals surface area contributed by atoms with Gasteiger partial charge in [-0.2, -0.15) is 0 Å². The quantitative estimate of drug-likeness (QED) is 0.856. The Kier molecular flexibility index (Phi) is 5.15. The van der Waals surface area contributed by atoms with E-state index in [1.165, 1.54) is 0 Å². The van der Waals surface area contributed by atoms with Gasteiger partial charge in [-0.05, 0) is 18.6 Å². The summed E-state index contributed by atoms with van der Waals surface area (Å²) in [5.41, 5.74) is 1.06. The maximum Gasteiger partial charge on any atom is 0.149 e. The Morgan fingerprint density at radius 1 is 1.35 bits per heavy atom. The molecule has 0 aliphatic carbocycles. The van der Waals surface area contributed by atoms with Gasteiger partial charge in [0, 0.05) is 25.7 Å². The number of nitrogens with one attached hydrogen (secondary N) is 1. The molecule has 0 fully saturated rings. The molecule has 0 unspecified atom stereocenters. The van der Waals surface area contributed by atoms with Crippen LogP contribution < -0.4 is 10.2 Å². The highest BCUT2D eigenvalue weighted by atomic mass is 35.5. The topological polar surface area (TPSA) is 41.3 Å². The zero-order valence-electron chi connectivity index (χ0n) is 11.5. The van der Waals surface area contributed by atoms with Crippen molar-refractivity contribution in [1.82, 2.24) is 4.98 Å². The summed E-state index contributed by atoms with van der Waals surface area (Å²) in [6.07, 6.45) is 4.35. The monoisotopic (exact) mass is 313 g/mol. The fourth-order valence-electron chi connectivity index (χ4n) is 1.82. The Morgan fingerprint density at radius 3 is 2.80 bits per heavy atom. The summed E-state index contributed by atoms with van der Waals surface area (Å²) >= 11 is 12.4. The molecule has 2 aromatic rings. The Morgan fingerprint density at radius 2 is 2.15 bits per heavy atom. The summed E-state index contributed by atoms with van der Waals surface area (Å²) < 4.78 is 5.06. The molecular formula is C14H17Cl2N3O. The van der Waals surface area contributed by atoms with Crippen LogP contribution in [0.25, 0.3) is 0 Å². The summed E-state index contributed by atoms with van der Waals surface area (Å²) in [5, 5.41) is 4.26. The van der Waals surface area contributed by atoms with E-state index in [-0.39, 0.29) is 0 Å².